The highest BCUT2D eigenvalue weighted by Gasteiger charge is 2.14. The first-order valence-electron chi connectivity index (χ1n) is 8.46. The SMILES string of the molecule is CCC(=O)Oc1ccc(C(=O)Nc2cccc(OCC(=O)OC)c2)cc1OC. The Hall–Kier alpha value is -3.55. The summed E-state index contributed by atoms with van der Waals surface area (Å²) in [6.45, 7) is 1.45. The molecule has 0 aliphatic carbocycles. The van der Waals surface area contributed by atoms with Crippen LogP contribution in [-0.4, -0.2) is 38.7 Å². The van der Waals surface area contributed by atoms with E-state index in [1.54, 1.807) is 31.2 Å². The average molecular weight is 387 g/mol. The minimum absolute atomic E-state index is 0.222. The van der Waals surface area contributed by atoms with Gasteiger partial charge in [-0.15, -0.1) is 0 Å². The van der Waals surface area contributed by atoms with Gasteiger partial charge in [0.15, 0.2) is 18.1 Å². The van der Waals surface area contributed by atoms with Crippen LogP contribution in [0.25, 0.3) is 0 Å². The van der Waals surface area contributed by atoms with Gasteiger partial charge >= 0.3 is 11.9 Å². The molecule has 2 aromatic carbocycles. The fraction of sp³-hybridized carbons (Fsp3) is 0.250. The highest BCUT2D eigenvalue weighted by atomic mass is 16.6. The molecule has 1 N–H and O–H groups in total. The quantitative estimate of drug-likeness (QED) is 0.549. The summed E-state index contributed by atoms with van der Waals surface area (Å²) in [5, 5.41) is 2.72. The summed E-state index contributed by atoms with van der Waals surface area (Å²) in [7, 11) is 2.69. The van der Waals surface area contributed by atoms with E-state index in [0.29, 0.717) is 17.0 Å². The van der Waals surface area contributed by atoms with E-state index in [1.165, 1.54) is 32.4 Å². The van der Waals surface area contributed by atoms with Crippen molar-refractivity contribution < 1.29 is 33.3 Å². The van der Waals surface area contributed by atoms with E-state index in [2.05, 4.69) is 10.1 Å². The van der Waals surface area contributed by atoms with E-state index in [0.717, 1.165) is 0 Å². The first kappa shape index (κ1) is 20.8. The van der Waals surface area contributed by atoms with Gasteiger partial charge in [0.2, 0.25) is 0 Å². The Kier molecular flexibility index (Phi) is 7.38. The summed E-state index contributed by atoms with van der Waals surface area (Å²) in [5.41, 5.74) is 0.793. The van der Waals surface area contributed by atoms with Crippen molar-refractivity contribution in [2.75, 3.05) is 26.1 Å². The molecule has 0 bridgehead atoms. The number of carbonyl (C=O) groups is 3. The molecule has 148 valence electrons. The van der Waals surface area contributed by atoms with Crippen LogP contribution in [0.5, 0.6) is 17.2 Å². The predicted molar refractivity (Wildman–Crippen MR) is 101 cm³/mol. The van der Waals surface area contributed by atoms with E-state index >= 15 is 0 Å². The average Bonchev–Trinajstić information content (AvgIpc) is 2.72. The summed E-state index contributed by atoms with van der Waals surface area (Å²) < 4.78 is 20.2. The van der Waals surface area contributed by atoms with Crippen molar-refractivity contribution in [1.82, 2.24) is 0 Å². The topological polar surface area (TPSA) is 100 Å². The van der Waals surface area contributed by atoms with Crippen molar-refractivity contribution in [3.63, 3.8) is 0 Å². The third-order valence-corrected chi connectivity index (χ3v) is 3.61. The Morgan fingerprint density at radius 1 is 0.964 bits per heavy atom. The molecule has 8 nitrogen and oxygen atoms in total. The van der Waals surface area contributed by atoms with E-state index < -0.39 is 17.8 Å². The lowest BCUT2D eigenvalue weighted by molar-refractivity contribution is -0.143. The van der Waals surface area contributed by atoms with Gasteiger partial charge in [-0.25, -0.2) is 4.79 Å². The van der Waals surface area contributed by atoms with Gasteiger partial charge in [0.1, 0.15) is 5.75 Å². The fourth-order valence-electron chi connectivity index (χ4n) is 2.16. The number of ether oxygens (including phenoxy) is 4. The molecule has 0 heterocycles. The van der Waals surface area contributed by atoms with Crippen molar-refractivity contribution in [2.45, 2.75) is 13.3 Å². The largest absolute Gasteiger partial charge is 0.493 e. The second-order valence-electron chi connectivity index (χ2n) is 5.54. The van der Waals surface area contributed by atoms with Gasteiger partial charge in [-0.1, -0.05) is 13.0 Å². The zero-order valence-electron chi connectivity index (χ0n) is 15.8. The van der Waals surface area contributed by atoms with Crippen molar-refractivity contribution in [2.24, 2.45) is 0 Å². The molecule has 28 heavy (non-hydrogen) atoms. The van der Waals surface area contributed by atoms with Crippen LogP contribution in [-0.2, 0) is 14.3 Å². The van der Waals surface area contributed by atoms with Gasteiger partial charge in [0, 0.05) is 23.7 Å². The van der Waals surface area contributed by atoms with Gasteiger partial charge in [-0.3, -0.25) is 9.59 Å². The zero-order valence-corrected chi connectivity index (χ0v) is 15.8. The Labute approximate surface area is 162 Å². The monoisotopic (exact) mass is 387 g/mol. The van der Waals surface area contributed by atoms with Crippen LogP contribution in [0, 0.1) is 0 Å². The van der Waals surface area contributed by atoms with Gasteiger partial charge in [0.05, 0.1) is 14.2 Å². The van der Waals surface area contributed by atoms with Crippen LogP contribution in [0.4, 0.5) is 5.69 Å². The number of hydrogen-bond acceptors (Lipinski definition) is 7. The van der Waals surface area contributed by atoms with Gasteiger partial charge < -0.3 is 24.3 Å². The van der Waals surface area contributed by atoms with E-state index in [4.69, 9.17) is 14.2 Å². The van der Waals surface area contributed by atoms with Crippen LogP contribution in [0.15, 0.2) is 42.5 Å². The minimum Gasteiger partial charge on any atom is -0.493 e. The normalized spacial score (nSPS) is 9.96. The summed E-state index contributed by atoms with van der Waals surface area (Å²) in [5.74, 6) is -0.391. The maximum atomic E-state index is 12.5. The number of carbonyl (C=O) groups excluding carboxylic acids is 3. The smallest absolute Gasteiger partial charge is 0.343 e. The number of nitrogens with one attached hydrogen (secondary N) is 1. The molecule has 0 spiro atoms. The molecule has 0 saturated heterocycles. The Bertz CT molecular complexity index is 863. The van der Waals surface area contributed by atoms with Gasteiger partial charge in [-0.05, 0) is 30.3 Å². The first-order valence-corrected chi connectivity index (χ1v) is 8.46. The highest BCUT2D eigenvalue weighted by molar-refractivity contribution is 6.04. The molecule has 0 saturated carbocycles. The predicted octanol–water partition coefficient (Wildman–Crippen LogP) is 2.81. The summed E-state index contributed by atoms with van der Waals surface area (Å²) in [6, 6.07) is 11.1. The molecule has 8 heteroatoms. The Balaban J connectivity index is 2.10. The first-order chi connectivity index (χ1) is 13.5. The number of anilines is 1. The van der Waals surface area contributed by atoms with Crippen LogP contribution >= 0.6 is 0 Å². The number of amides is 1. The standard InChI is InChI=1S/C20H21NO7/c1-4-18(22)28-16-9-8-13(10-17(16)25-2)20(24)21-14-6-5-7-15(11-14)27-12-19(23)26-3/h5-11H,4,12H2,1-3H3,(H,21,24). The number of rotatable bonds is 8. The molecule has 1 amide bonds. The lowest BCUT2D eigenvalue weighted by Gasteiger charge is -2.11. The van der Waals surface area contributed by atoms with E-state index in [-0.39, 0.29) is 24.5 Å². The maximum Gasteiger partial charge on any atom is 0.343 e. The summed E-state index contributed by atoms with van der Waals surface area (Å²) >= 11 is 0. The Morgan fingerprint density at radius 2 is 1.75 bits per heavy atom. The van der Waals surface area contributed by atoms with Crippen LogP contribution in [0.1, 0.15) is 23.7 Å². The van der Waals surface area contributed by atoms with E-state index in [9.17, 15) is 14.4 Å². The molecule has 0 fully saturated rings. The Morgan fingerprint density at radius 3 is 2.43 bits per heavy atom. The molecule has 0 aliphatic heterocycles. The van der Waals surface area contributed by atoms with E-state index in [1.807, 2.05) is 0 Å². The molecule has 0 aromatic heterocycles. The second kappa shape index (κ2) is 9.96. The number of esters is 2. The van der Waals surface area contributed by atoms with Crippen LogP contribution in [0.2, 0.25) is 0 Å². The van der Waals surface area contributed by atoms with Crippen molar-refractivity contribution in [1.29, 1.82) is 0 Å². The number of benzene rings is 2. The lowest BCUT2D eigenvalue weighted by atomic mass is 10.1. The third-order valence-electron chi connectivity index (χ3n) is 3.61. The molecule has 0 unspecified atom stereocenters. The van der Waals surface area contributed by atoms with Gasteiger partial charge in [-0.2, -0.15) is 0 Å². The lowest BCUT2D eigenvalue weighted by Crippen LogP contribution is -2.14. The number of hydrogen-bond donors (Lipinski definition) is 1. The molecule has 2 rings (SSSR count). The molecule has 2 aromatic rings. The molecule has 0 radical (unpaired) electrons. The number of methoxy groups -OCH3 is 2. The molecular formula is C20H21NO7. The minimum atomic E-state index is -0.509. The van der Waals surface area contributed by atoms with Crippen molar-refractivity contribution in [3.05, 3.63) is 48.0 Å². The maximum absolute atomic E-state index is 12.5. The van der Waals surface area contributed by atoms with Gasteiger partial charge in [0.25, 0.3) is 5.91 Å². The molecule has 0 aliphatic rings. The zero-order chi connectivity index (χ0) is 20.5. The summed E-state index contributed by atoms with van der Waals surface area (Å²) in [6.07, 6.45) is 0.222. The van der Waals surface area contributed by atoms with Crippen LogP contribution < -0.4 is 19.5 Å². The third kappa shape index (κ3) is 5.73. The van der Waals surface area contributed by atoms with Crippen molar-refractivity contribution in [3.8, 4) is 17.2 Å². The van der Waals surface area contributed by atoms with Crippen LogP contribution in [0.3, 0.4) is 0 Å². The second-order valence-corrected chi connectivity index (χ2v) is 5.54. The summed E-state index contributed by atoms with van der Waals surface area (Å²) in [4.78, 5) is 35.1. The highest BCUT2D eigenvalue weighted by Crippen LogP contribution is 2.29. The van der Waals surface area contributed by atoms with Crippen molar-refractivity contribution >= 4 is 23.5 Å². The molecular weight excluding hydrogens is 366 g/mol. The fourth-order valence-corrected chi connectivity index (χ4v) is 2.16. The molecule has 0 atom stereocenters.